The lowest BCUT2D eigenvalue weighted by atomic mass is 10.0. The second-order valence-corrected chi connectivity index (χ2v) is 9.81. The zero-order chi connectivity index (χ0) is 26.5. The van der Waals surface area contributed by atoms with Crippen LogP contribution in [0.5, 0.6) is 11.8 Å². The lowest BCUT2D eigenvalue weighted by molar-refractivity contribution is -0.169. The van der Waals surface area contributed by atoms with Crippen molar-refractivity contribution in [3.8, 4) is 22.9 Å². The predicted octanol–water partition coefficient (Wildman–Crippen LogP) is 6.39. The molecule has 2 aliphatic rings. The van der Waals surface area contributed by atoms with E-state index in [1.165, 1.54) is 0 Å². The van der Waals surface area contributed by atoms with Gasteiger partial charge in [0, 0.05) is 37.6 Å². The molecule has 2 aliphatic heterocycles. The van der Waals surface area contributed by atoms with E-state index in [1.54, 1.807) is 12.1 Å². The highest BCUT2D eigenvalue weighted by Gasteiger charge is 2.40. The van der Waals surface area contributed by atoms with Crippen molar-refractivity contribution < 1.29 is 23.3 Å². The zero-order valence-corrected chi connectivity index (χ0v) is 21.7. The predicted molar refractivity (Wildman–Crippen MR) is 147 cm³/mol. The van der Waals surface area contributed by atoms with Crippen LogP contribution in [0.15, 0.2) is 91.0 Å². The highest BCUT2D eigenvalue weighted by molar-refractivity contribution is 5.71. The van der Waals surface area contributed by atoms with Crippen molar-refractivity contribution in [3.05, 3.63) is 108 Å². The number of halogens is 1. The van der Waals surface area contributed by atoms with Crippen molar-refractivity contribution in [1.29, 1.82) is 0 Å². The minimum atomic E-state index is -0.492. The van der Waals surface area contributed by atoms with Crippen molar-refractivity contribution in [2.75, 3.05) is 31.2 Å². The first-order valence-electron chi connectivity index (χ1n) is 13.3. The van der Waals surface area contributed by atoms with Gasteiger partial charge in [-0.1, -0.05) is 66.7 Å². The first-order valence-corrected chi connectivity index (χ1v) is 13.3. The molecule has 200 valence electrons. The average Bonchev–Trinajstić information content (AvgIpc) is 3.44. The second kappa shape index (κ2) is 11.4. The molecule has 0 aliphatic carbocycles. The monoisotopic (exact) mass is 526 g/mol. The molecule has 2 fully saturated rings. The molecule has 0 amide bonds. The molecule has 6 nitrogen and oxygen atoms in total. The number of nitrogens with zero attached hydrogens (tertiary/aromatic N) is 2. The van der Waals surface area contributed by atoms with Crippen molar-refractivity contribution in [1.82, 2.24) is 4.98 Å². The Hall–Kier alpha value is -3.94. The molecule has 3 aromatic carbocycles. The van der Waals surface area contributed by atoms with E-state index in [2.05, 4.69) is 9.88 Å². The van der Waals surface area contributed by atoms with Crippen molar-refractivity contribution in [2.24, 2.45) is 0 Å². The Morgan fingerprint density at radius 2 is 1.41 bits per heavy atom. The maximum Gasteiger partial charge on any atom is 0.225 e. The first kappa shape index (κ1) is 25.3. The number of ether oxygens (including phenoxy) is 4. The maximum atomic E-state index is 15.5. The molecule has 0 saturated carbocycles. The summed E-state index contributed by atoms with van der Waals surface area (Å²) in [4.78, 5) is 6.71. The Labute approximate surface area is 227 Å². The number of aromatic nitrogens is 1. The molecule has 3 heterocycles. The molecule has 0 unspecified atom stereocenters. The lowest BCUT2D eigenvalue weighted by Crippen LogP contribution is -2.45. The maximum absolute atomic E-state index is 15.5. The van der Waals surface area contributed by atoms with E-state index in [0.717, 1.165) is 24.0 Å². The number of pyridine rings is 1. The summed E-state index contributed by atoms with van der Waals surface area (Å²) < 4.78 is 39.2. The van der Waals surface area contributed by atoms with Crippen LogP contribution in [0.4, 0.5) is 10.1 Å². The summed E-state index contributed by atoms with van der Waals surface area (Å²) >= 11 is 0. The van der Waals surface area contributed by atoms with E-state index in [1.807, 2.05) is 78.9 Å². The van der Waals surface area contributed by atoms with Gasteiger partial charge < -0.3 is 23.8 Å². The number of piperidine rings is 1. The summed E-state index contributed by atoms with van der Waals surface area (Å²) in [6.45, 7) is 3.34. The lowest BCUT2D eigenvalue weighted by Gasteiger charge is -2.38. The molecule has 0 N–H and O–H groups in total. The minimum absolute atomic E-state index is 0.282. The quantitative estimate of drug-likeness (QED) is 0.265. The number of hydrogen-bond donors (Lipinski definition) is 0. The summed E-state index contributed by atoms with van der Waals surface area (Å²) in [5.41, 5.74) is 4.03. The average molecular weight is 527 g/mol. The summed E-state index contributed by atoms with van der Waals surface area (Å²) in [5.74, 6) is 0.0666. The van der Waals surface area contributed by atoms with Crippen LogP contribution in [0.25, 0.3) is 11.1 Å². The van der Waals surface area contributed by atoms with E-state index in [4.69, 9.17) is 18.9 Å². The summed E-state index contributed by atoms with van der Waals surface area (Å²) in [5, 5.41) is 0. The third-order valence-electron chi connectivity index (χ3n) is 7.22. The van der Waals surface area contributed by atoms with Gasteiger partial charge in [-0.2, -0.15) is 4.98 Å². The van der Waals surface area contributed by atoms with Gasteiger partial charge in [0.2, 0.25) is 11.8 Å². The van der Waals surface area contributed by atoms with Gasteiger partial charge in [0.15, 0.2) is 5.79 Å². The summed E-state index contributed by atoms with van der Waals surface area (Å²) in [6.07, 6.45) is 1.44. The highest BCUT2D eigenvalue weighted by Crippen LogP contribution is 2.37. The normalized spacial score (nSPS) is 16.4. The van der Waals surface area contributed by atoms with Gasteiger partial charge in [-0.25, -0.2) is 4.39 Å². The van der Waals surface area contributed by atoms with E-state index < -0.39 is 5.79 Å². The zero-order valence-electron chi connectivity index (χ0n) is 21.7. The molecule has 6 rings (SSSR count). The molecule has 0 atom stereocenters. The van der Waals surface area contributed by atoms with E-state index in [-0.39, 0.29) is 5.82 Å². The van der Waals surface area contributed by atoms with Gasteiger partial charge in [-0.05, 0) is 34.9 Å². The second-order valence-electron chi connectivity index (χ2n) is 9.81. The number of hydrogen-bond acceptors (Lipinski definition) is 6. The Morgan fingerprint density at radius 3 is 2.05 bits per heavy atom. The van der Waals surface area contributed by atoms with Crippen LogP contribution in [-0.2, 0) is 22.7 Å². The van der Waals surface area contributed by atoms with Crippen LogP contribution >= 0.6 is 0 Å². The molecule has 0 bridgehead atoms. The molecule has 39 heavy (non-hydrogen) atoms. The first-order chi connectivity index (χ1) is 19.2. The van der Waals surface area contributed by atoms with E-state index in [0.29, 0.717) is 68.1 Å². The van der Waals surface area contributed by atoms with Crippen LogP contribution < -0.4 is 14.4 Å². The summed E-state index contributed by atoms with van der Waals surface area (Å²) in [7, 11) is 0. The molecular weight excluding hydrogens is 495 g/mol. The fourth-order valence-corrected chi connectivity index (χ4v) is 5.10. The van der Waals surface area contributed by atoms with Gasteiger partial charge >= 0.3 is 0 Å². The highest BCUT2D eigenvalue weighted by atomic mass is 19.1. The van der Waals surface area contributed by atoms with Gasteiger partial charge in [-0.15, -0.1) is 0 Å². The van der Waals surface area contributed by atoms with Crippen molar-refractivity contribution in [3.63, 3.8) is 0 Å². The Bertz CT molecular complexity index is 1380. The molecule has 4 aromatic rings. The van der Waals surface area contributed by atoms with Gasteiger partial charge in [0.05, 0.1) is 18.9 Å². The smallest absolute Gasteiger partial charge is 0.225 e. The third-order valence-corrected chi connectivity index (χ3v) is 7.22. The van der Waals surface area contributed by atoms with Crippen molar-refractivity contribution >= 4 is 5.69 Å². The summed E-state index contributed by atoms with van der Waals surface area (Å²) in [6, 6.07) is 28.8. The SMILES string of the molecule is Fc1cc(-c2ccc(OCc3ccccc3)nc2OCc2ccccc2)ccc1N1CCC2(CC1)OCCO2. The number of benzene rings is 3. The van der Waals surface area contributed by atoms with Gasteiger partial charge in [0.25, 0.3) is 0 Å². The number of rotatable bonds is 8. The van der Waals surface area contributed by atoms with E-state index in [9.17, 15) is 0 Å². The molecule has 2 saturated heterocycles. The Kier molecular flexibility index (Phi) is 7.43. The van der Waals surface area contributed by atoms with Crippen LogP contribution in [0.2, 0.25) is 0 Å². The van der Waals surface area contributed by atoms with Crippen molar-refractivity contribution in [2.45, 2.75) is 31.8 Å². The van der Waals surface area contributed by atoms with Gasteiger partial charge in [0.1, 0.15) is 19.0 Å². The Morgan fingerprint density at radius 1 is 0.769 bits per heavy atom. The fourth-order valence-electron chi connectivity index (χ4n) is 5.10. The Balaban J connectivity index is 1.22. The van der Waals surface area contributed by atoms with Crippen LogP contribution in [0.3, 0.4) is 0 Å². The van der Waals surface area contributed by atoms with Crippen LogP contribution in [-0.4, -0.2) is 37.1 Å². The molecular formula is C32H31FN2O4. The largest absolute Gasteiger partial charge is 0.473 e. The van der Waals surface area contributed by atoms with E-state index >= 15 is 4.39 Å². The fraction of sp³-hybridized carbons (Fsp3) is 0.281. The standard InChI is InChI=1S/C32H31FN2O4/c33-28-21-26(11-13-29(28)35-17-15-32(16-18-35)38-19-20-39-32)27-12-14-30(36-22-24-7-3-1-4-8-24)34-31(27)37-23-25-9-5-2-6-10-25/h1-14,21H,15-20,22-23H2. The molecule has 1 aromatic heterocycles. The third kappa shape index (κ3) is 5.90. The molecule has 0 radical (unpaired) electrons. The topological polar surface area (TPSA) is 53.1 Å². The number of anilines is 1. The molecule has 1 spiro atoms. The minimum Gasteiger partial charge on any atom is -0.473 e. The van der Waals surface area contributed by atoms with Gasteiger partial charge in [-0.3, -0.25) is 0 Å². The van der Waals surface area contributed by atoms with Crippen LogP contribution in [0, 0.1) is 5.82 Å². The molecule has 7 heteroatoms. The van der Waals surface area contributed by atoms with Crippen LogP contribution in [0.1, 0.15) is 24.0 Å².